The van der Waals surface area contributed by atoms with Gasteiger partial charge in [0.2, 0.25) is 0 Å². The molecule has 0 aliphatic rings. The van der Waals surface area contributed by atoms with Crippen LogP contribution in [0.5, 0.6) is 0 Å². The topological polar surface area (TPSA) is 77.2 Å². The smallest absolute Gasteiger partial charge is 0.303 e. The van der Waals surface area contributed by atoms with Crippen LogP contribution >= 0.6 is 0 Å². The Bertz CT molecular complexity index is 492. The highest BCUT2D eigenvalue weighted by Crippen LogP contribution is 2.22. The number of rotatable bonds is 5. The number of aromatic nitrogens is 1. The Morgan fingerprint density at radius 3 is 2.78 bits per heavy atom. The molecule has 5 heteroatoms. The largest absolute Gasteiger partial charge is 0.481 e. The number of anilines is 1. The highest BCUT2D eigenvalue weighted by molar-refractivity contribution is 5.67. The molecule has 0 aromatic carbocycles. The van der Waals surface area contributed by atoms with E-state index in [0.717, 1.165) is 11.4 Å². The van der Waals surface area contributed by atoms with Crippen molar-refractivity contribution in [2.45, 2.75) is 26.7 Å². The normalized spacial score (nSPS) is 9.89. The van der Waals surface area contributed by atoms with Gasteiger partial charge in [-0.2, -0.15) is 5.26 Å². The number of nitrogens with zero attached hydrogens (tertiary/aromatic N) is 3. The molecule has 0 saturated heterocycles. The minimum absolute atomic E-state index is 0.134. The Morgan fingerprint density at radius 2 is 2.22 bits per heavy atom. The number of carbonyl (C=O) groups is 1. The van der Waals surface area contributed by atoms with Crippen molar-refractivity contribution in [3.8, 4) is 6.07 Å². The summed E-state index contributed by atoms with van der Waals surface area (Å²) in [6, 6.07) is 4.00. The zero-order valence-corrected chi connectivity index (χ0v) is 10.9. The Hall–Kier alpha value is -2.09. The van der Waals surface area contributed by atoms with Gasteiger partial charge in [-0.25, -0.2) is 0 Å². The predicted octanol–water partition coefficient (Wildman–Crippen LogP) is 1.87. The third-order valence-corrected chi connectivity index (χ3v) is 2.71. The molecule has 1 heterocycles. The van der Waals surface area contributed by atoms with Crippen molar-refractivity contribution in [1.82, 2.24) is 4.98 Å². The predicted molar refractivity (Wildman–Crippen MR) is 68.6 cm³/mol. The number of aliphatic carboxylic acids is 1. The molecule has 1 rings (SSSR count). The first-order chi connectivity index (χ1) is 8.45. The molecule has 1 aromatic heterocycles. The van der Waals surface area contributed by atoms with Crippen LogP contribution in [0.15, 0.2) is 6.07 Å². The Kier molecular flexibility index (Phi) is 4.67. The van der Waals surface area contributed by atoms with Crippen molar-refractivity contribution in [2.24, 2.45) is 0 Å². The fourth-order valence-electron chi connectivity index (χ4n) is 1.84. The Morgan fingerprint density at radius 1 is 1.56 bits per heavy atom. The average molecular weight is 247 g/mol. The zero-order valence-electron chi connectivity index (χ0n) is 10.9. The van der Waals surface area contributed by atoms with E-state index in [4.69, 9.17) is 10.4 Å². The lowest BCUT2D eigenvalue weighted by atomic mass is 10.1. The summed E-state index contributed by atoms with van der Waals surface area (Å²) in [4.78, 5) is 16.6. The molecule has 0 amide bonds. The average Bonchev–Trinajstić information content (AvgIpc) is 2.27. The fraction of sp³-hybridized carbons (Fsp3) is 0.462. The molecule has 0 spiro atoms. The maximum atomic E-state index is 10.5. The molecule has 18 heavy (non-hydrogen) atoms. The quantitative estimate of drug-likeness (QED) is 0.859. The molecular weight excluding hydrogens is 230 g/mol. The van der Waals surface area contributed by atoms with Gasteiger partial charge in [-0.15, -0.1) is 0 Å². The van der Waals surface area contributed by atoms with Gasteiger partial charge in [0.1, 0.15) is 6.07 Å². The summed E-state index contributed by atoms with van der Waals surface area (Å²) in [6.45, 7) is 4.28. The van der Waals surface area contributed by atoms with Crippen LogP contribution in [0.1, 0.15) is 29.8 Å². The highest BCUT2D eigenvalue weighted by atomic mass is 16.4. The van der Waals surface area contributed by atoms with E-state index < -0.39 is 5.97 Å². The molecule has 0 aliphatic carbocycles. The molecular formula is C13H17N3O2. The molecule has 5 nitrogen and oxygen atoms in total. The van der Waals surface area contributed by atoms with Crippen LogP contribution in [0.25, 0.3) is 0 Å². The second-order valence-corrected chi connectivity index (χ2v) is 4.27. The van der Waals surface area contributed by atoms with E-state index in [9.17, 15) is 4.79 Å². The molecule has 0 aliphatic heterocycles. The third-order valence-electron chi connectivity index (χ3n) is 2.71. The van der Waals surface area contributed by atoms with Gasteiger partial charge < -0.3 is 10.0 Å². The van der Waals surface area contributed by atoms with Gasteiger partial charge in [0.25, 0.3) is 0 Å². The van der Waals surface area contributed by atoms with Crippen molar-refractivity contribution in [3.63, 3.8) is 0 Å². The molecule has 0 fully saturated rings. The summed E-state index contributed by atoms with van der Waals surface area (Å²) in [5.41, 5.74) is 2.93. The summed E-state index contributed by atoms with van der Waals surface area (Å²) in [6.07, 6.45) is 0.687. The Labute approximate surface area is 107 Å². The maximum Gasteiger partial charge on any atom is 0.303 e. The zero-order chi connectivity index (χ0) is 13.7. The lowest BCUT2D eigenvalue weighted by molar-refractivity contribution is -0.137. The molecule has 0 saturated carbocycles. The first-order valence-electron chi connectivity index (χ1n) is 5.77. The summed E-state index contributed by atoms with van der Waals surface area (Å²) >= 11 is 0. The SMILES string of the molecule is Cc1cc(N(C)CCCC(=O)O)c(C#N)c(C)n1. The molecule has 0 atom stereocenters. The first kappa shape index (κ1) is 14.0. The number of hydrogen-bond donors (Lipinski definition) is 1. The summed E-state index contributed by atoms with van der Waals surface area (Å²) in [7, 11) is 1.86. The molecule has 0 unspecified atom stereocenters. The van der Waals surface area contributed by atoms with Crippen LogP contribution in [0.4, 0.5) is 5.69 Å². The third kappa shape index (κ3) is 3.45. The molecule has 0 radical (unpaired) electrons. The molecule has 0 bridgehead atoms. The van der Waals surface area contributed by atoms with E-state index >= 15 is 0 Å². The van der Waals surface area contributed by atoms with Crippen molar-refractivity contribution in [2.75, 3.05) is 18.5 Å². The van der Waals surface area contributed by atoms with Crippen molar-refractivity contribution >= 4 is 11.7 Å². The van der Waals surface area contributed by atoms with E-state index in [-0.39, 0.29) is 6.42 Å². The molecule has 96 valence electrons. The number of pyridine rings is 1. The van der Waals surface area contributed by atoms with E-state index in [1.165, 1.54) is 0 Å². The summed E-state index contributed by atoms with van der Waals surface area (Å²) in [5, 5.41) is 17.7. The van der Waals surface area contributed by atoms with Gasteiger partial charge in [0, 0.05) is 25.7 Å². The van der Waals surface area contributed by atoms with Crippen molar-refractivity contribution in [1.29, 1.82) is 5.26 Å². The Balaban J connectivity index is 2.88. The standard InChI is InChI=1S/C13H17N3O2/c1-9-7-12(11(8-14)10(2)15-9)16(3)6-4-5-13(17)18/h7H,4-6H2,1-3H3,(H,17,18). The number of aryl methyl sites for hydroxylation is 2. The lowest BCUT2D eigenvalue weighted by Gasteiger charge is -2.21. The number of carboxylic acids is 1. The van der Waals surface area contributed by atoms with Gasteiger partial charge in [-0.1, -0.05) is 0 Å². The molecule has 1 N–H and O–H groups in total. The fourth-order valence-corrected chi connectivity index (χ4v) is 1.84. The second-order valence-electron chi connectivity index (χ2n) is 4.27. The summed E-state index contributed by atoms with van der Waals surface area (Å²) in [5.74, 6) is -0.800. The summed E-state index contributed by atoms with van der Waals surface area (Å²) < 4.78 is 0. The number of carboxylic acid groups (broad SMARTS) is 1. The van der Waals surface area contributed by atoms with Crippen LogP contribution in [0, 0.1) is 25.2 Å². The minimum atomic E-state index is -0.800. The van der Waals surface area contributed by atoms with Gasteiger partial charge in [-0.3, -0.25) is 9.78 Å². The molecule has 1 aromatic rings. The van der Waals surface area contributed by atoms with Crippen LogP contribution in [0.3, 0.4) is 0 Å². The second kappa shape index (κ2) is 6.01. The van der Waals surface area contributed by atoms with E-state index in [1.807, 2.05) is 24.9 Å². The highest BCUT2D eigenvalue weighted by Gasteiger charge is 2.12. The number of nitriles is 1. The van der Waals surface area contributed by atoms with E-state index in [1.54, 1.807) is 6.92 Å². The van der Waals surface area contributed by atoms with Gasteiger partial charge >= 0.3 is 5.97 Å². The van der Waals surface area contributed by atoms with Gasteiger partial charge in [0.15, 0.2) is 0 Å². The van der Waals surface area contributed by atoms with Crippen LogP contribution < -0.4 is 4.90 Å². The van der Waals surface area contributed by atoms with E-state index in [0.29, 0.717) is 24.2 Å². The van der Waals surface area contributed by atoms with E-state index in [2.05, 4.69) is 11.1 Å². The van der Waals surface area contributed by atoms with Crippen LogP contribution in [-0.4, -0.2) is 29.7 Å². The maximum absolute atomic E-state index is 10.5. The van der Waals surface area contributed by atoms with Gasteiger partial charge in [0.05, 0.1) is 16.9 Å². The van der Waals surface area contributed by atoms with Crippen molar-refractivity contribution < 1.29 is 9.90 Å². The van der Waals surface area contributed by atoms with Gasteiger partial charge in [-0.05, 0) is 26.3 Å². The minimum Gasteiger partial charge on any atom is -0.481 e. The van der Waals surface area contributed by atoms with Crippen molar-refractivity contribution in [3.05, 3.63) is 23.0 Å². The first-order valence-corrected chi connectivity index (χ1v) is 5.77. The number of hydrogen-bond acceptors (Lipinski definition) is 4. The monoisotopic (exact) mass is 247 g/mol. The van der Waals surface area contributed by atoms with Crippen LogP contribution in [0.2, 0.25) is 0 Å². The van der Waals surface area contributed by atoms with Crippen LogP contribution in [-0.2, 0) is 4.79 Å². The lowest BCUT2D eigenvalue weighted by Crippen LogP contribution is -2.21.